The van der Waals surface area contributed by atoms with Crippen molar-refractivity contribution in [3.05, 3.63) is 0 Å². The molecule has 0 fully saturated rings. The van der Waals surface area contributed by atoms with Gasteiger partial charge in [-0.25, -0.2) is 0 Å². The highest BCUT2D eigenvalue weighted by Crippen LogP contribution is 2.06. The van der Waals surface area contributed by atoms with Gasteiger partial charge in [-0.05, 0) is 13.0 Å². The van der Waals surface area contributed by atoms with Crippen LogP contribution in [-0.2, 0) is 13.3 Å². The largest absolute Gasteiger partial charge is 0.514 e. The van der Waals surface area contributed by atoms with E-state index in [4.69, 9.17) is 24.7 Å². The first-order chi connectivity index (χ1) is 7.24. The second-order valence-corrected chi connectivity index (χ2v) is 5.87. The smallest absolute Gasteiger partial charge is 0.376 e. The van der Waals surface area contributed by atoms with Gasteiger partial charge in [0.05, 0.1) is 6.17 Å². The maximum atomic E-state index is 5.63. The molecule has 15 heavy (non-hydrogen) atoms. The van der Waals surface area contributed by atoms with Gasteiger partial charge in [0.25, 0.3) is 0 Å². The van der Waals surface area contributed by atoms with Crippen molar-refractivity contribution in [1.29, 1.82) is 0 Å². The van der Waals surface area contributed by atoms with Crippen LogP contribution in [0.5, 0.6) is 0 Å². The minimum atomic E-state index is -2.54. The van der Waals surface area contributed by atoms with Crippen molar-refractivity contribution < 1.29 is 13.3 Å². The molecule has 0 radical (unpaired) electrons. The molecule has 0 bridgehead atoms. The summed E-state index contributed by atoms with van der Waals surface area (Å²) < 4.78 is 16.3. The third kappa shape index (κ3) is 6.20. The van der Waals surface area contributed by atoms with Crippen molar-refractivity contribution in [1.82, 2.24) is 5.32 Å². The van der Waals surface area contributed by atoms with E-state index in [0.717, 1.165) is 13.0 Å². The molecule has 0 rings (SSSR count). The summed E-state index contributed by atoms with van der Waals surface area (Å²) in [6, 6.07) is 0. The van der Waals surface area contributed by atoms with Crippen molar-refractivity contribution in [2.24, 2.45) is 11.5 Å². The fourth-order valence-corrected chi connectivity index (χ4v) is 2.78. The Kier molecular flexibility index (Phi) is 9.21. The first-order valence-electron chi connectivity index (χ1n) is 5.09. The molecular weight excluding hydrogens is 214 g/mol. The second kappa shape index (κ2) is 9.22. The zero-order chi connectivity index (χ0) is 11.6. The van der Waals surface area contributed by atoms with Gasteiger partial charge in [0.1, 0.15) is 0 Å². The van der Waals surface area contributed by atoms with E-state index in [0.29, 0.717) is 25.9 Å². The summed E-state index contributed by atoms with van der Waals surface area (Å²) in [4.78, 5) is 0. The SMILES string of the molecule is CO[Si](CNCCN)(OC)OCCCN. The van der Waals surface area contributed by atoms with Gasteiger partial charge in [-0.1, -0.05) is 0 Å². The van der Waals surface area contributed by atoms with Crippen LogP contribution >= 0.6 is 0 Å². The molecule has 0 spiro atoms. The standard InChI is InChI=1S/C8H23N3O3Si/c1-12-15(13-2,8-11-6-5-10)14-7-3-4-9/h11H,3-10H2,1-2H3. The highest BCUT2D eigenvalue weighted by molar-refractivity contribution is 6.60. The van der Waals surface area contributed by atoms with Gasteiger partial charge in [-0.2, -0.15) is 0 Å². The van der Waals surface area contributed by atoms with Crippen molar-refractivity contribution in [2.75, 3.05) is 46.6 Å². The lowest BCUT2D eigenvalue weighted by molar-refractivity contribution is 0.0965. The predicted molar refractivity (Wildman–Crippen MR) is 61.3 cm³/mol. The van der Waals surface area contributed by atoms with E-state index in [1.54, 1.807) is 14.2 Å². The van der Waals surface area contributed by atoms with Crippen LogP contribution in [0.1, 0.15) is 6.42 Å². The van der Waals surface area contributed by atoms with E-state index in [-0.39, 0.29) is 0 Å². The number of rotatable bonds is 10. The van der Waals surface area contributed by atoms with Gasteiger partial charge in [0, 0.05) is 33.9 Å². The molecule has 0 aliphatic carbocycles. The Morgan fingerprint density at radius 3 is 2.27 bits per heavy atom. The fraction of sp³-hybridized carbons (Fsp3) is 1.00. The second-order valence-electron chi connectivity index (χ2n) is 3.05. The van der Waals surface area contributed by atoms with Crippen molar-refractivity contribution in [3.8, 4) is 0 Å². The van der Waals surface area contributed by atoms with Crippen LogP contribution in [0, 0.1) is 0 Å². The summed E-state index contributed by atoms with van der Waals surface area (Å²) >= 11 is 0. The van der Waals surface area contributed by atoms with Crippen LogP contribution in [-0.4, -0.2) is 55.4 Å². The number of nitrogens with one attached hydrogen (secondary N) is 1. The Morgan fingerprint density at radius 2 is 1.80 bits per heavy atom. The van der Waals surface area contributed by atoms with Crippen molar-refractivity contribution in [3.63, 3.8) is 0 Å². The molecule has 0 saturated heterocycles. The summed E-state index contributed by atoms with van der Waals surface area (Å²) in [5, 5.41) is 3.14. The molecule has 0 aliphatic heterocycles. The molecule has 6 nitrogen and oxygen atoms in total. The minimum absolute atomic E-state index is 0.564. The molecule has 5 N–H and O–H groups in total. The average Bonchev–Trinajstić information content (AvgIpc) is 2.28. The maximum Gasteiger partial charge on any atom is 0.514 e. The molecule has 92 valence electrons. The van der Waals surface area contributed by atoms with Gasteiger partial charge in [-0.3, -0.25) is 0 Å². The Balaban J connectivity index is 3.93. The van der Waals surface area contributed by atoms with Crippen LogP contribution in [0.4, 0.5) is 0 Å². The van der Waals surface area contributed by atoms with Gasteiger partial charge < -0.3 is 30.1 Å². The van der Waals surface area contributed by atoms with Gasteiger partial charge in [0.2, 0.25) is 0 Å². The van der Waals surface area contributed by atoms with Crippen molar-refractivity contribution >= 4 is 8.80 Å². The van der Waals surface area contributed by atoms with Gasteiger partial charge in [0.15, 0.2) is 0 Å². The number of hydrogen-bond acceptors (Lipinski definition) is 6. The quantitative estimate of drug-likeness (QED) is 0.322. The third-order valence-electron chi connectivity index (χ3n) is 1.96. The van der Waals surface area contributed by atoms with E-state index < -0.39 is 8.80 Å². The molecule has 0 aliphatic rings. The monoisotopic (exact) mass is 237 g/mol. The number of hydrogen-bond donors (Lipinski definition) is 3. The molecule has 0 amide bonds. The summed E-state index contributed by atoms with van der Waals surface area (Å²) in [7, 11) is 0.659. The highest BCUT2D eigenvalue weighted by Gasteiger charge is 2.38. The zero-order valence-electron chi connectivity index (χ0n) is 9.62. The normalized spacial score (nSPS) is 12.0. The average molecular weight is 237 g/mol. The van der Waals surface area contributed by atoms with Crippen LogP contribution in [0.2, 0.25) is 0 Å². The third-order valence-corrected chi connectivity index (χ3v) is 4.53. The molecule has 0 aromatic carbocycles. The van der Waals surface area contributed by atoms with E-state index in [9.17, 15) is 0 Å². The molecule has 0 aromatic heterocycles. The molecule has 0 saturated carbocycles. The predicted octanol–water partition coefficient (Wildman–Crippen LogP) is -1.33. The summed E-state index contributed by atoms with van der Waals surface area (Å²) in [5.41, 5.74) is 10.8. The summed E-state index contributed by atoms with van der Waals surface area (Å²) in [6.07, 6.45) is 1.38. The molecular formula is C8H23N3O3Si. The molecule has 7 heteroatoms. The Morgan fingerprint density at radius 1 is 1.13 bits per heavy atom. The fourth-order valence-electron chi connectivity index (χ4n) is 1.05. The first kappa shape index (κ1) is 15.0. The van der Waals surface area contributed by atoms with E-state index in [1.165, 1.54) is 0 Å². The van der Waals surface area contributed by atoms with Crippen LogP contribution in [0.15, 0.2) is 0 Å². The zero-order valence-corrected chi connectivity index (χ0v) is 10.6. The van der Waals surface area contributed by atoms with Crippen molar-refractivity contribution in [2.45, 2.75) is 6.42 Å². The molecule has 0 heterocycles. The Labute approximate surface area is 92.6 Å². The Hall–Kier alpha value is -0.0231. The van der Waals surface area contributed by atoms with E-state index >= 15 is 0 Å². The molecule has 0 unspecified atom stereocenters. The highest BCUT2D eigenvalue weighted by atomic mass is 28.4. The van der Waals surface area contributed by atoms with Crippen LogP contribution < -0.4 is 16.8 Å². The van der Waals surface area contributed by atoms with Crippen LogP contribution in [0.3, 0.4) is 0 Å². The molecule has 0 aromatic rings. The summed E-state index contributed by atoms with van der Waals surface area (Å²) in [5.74, 6) is 0. The van der Waals surface area contributed by atoms with Gasteiger partial charge >= 0.3 is 8.80 Å². The minimum Gasteiger partial charge on any atom is -0.376 e. The summed E-state index contributed by atoms with van der Waals surface area (Å²) in [6.45, 7) is 2.48. The van der Waals surface area contributed by atoms with E-state index in [2.05, 4.69) is 5.32 Å². The lowest BCUT2D eigenvalue weighted by Gasteiger charge is -2.26. The van der Waals surface area contributed by atoms with Crippen LogP contribution in [0.25, 0.3) is 0 Å². The number of nitrogens with two attached hydrogens (primary N) is 2. The molecule has 0 atom stereocenters. The van der Waals surface area contributed by atoms with E-state index in [1.807, 2.05) is 0 Å². The lowest BCUT2D eigenvalue weighted by Crippen LogP contribution is -2.53. The lowest BCUT2D eigenvalue weighted by atomic mass is 10.5. The first-order valence-corrected chi connectivity index (χ1v) is 7.03. The Bertz CT molecular complexity index is 135. The topological polar surface area (TPSA) is 91.8 Å². The van der Waals surface area contributed by atoms with Gasteiger partial charge in [-0.15, -0.1) is 0 Å². The maximum absolute atomic E-state index is 5.63.